The van der Waals surface area contributed by atoms with Gasteiger partial charge in [-0.1, -0.05) is 19.4 Å². The van der Waals surface area contributed by atoms with Gasteiger partial charge in [-0.15, -0.1) is 0 Å². The number of halogens is 2. The van der Waals surface area contributed by atoms with E-state index in [0.717, 1.165) is 5.56 Å². The van der Waals surface area contributed by atoms with E-state index in [9.17, 15) is 8.78 Å². The summed E-state index contributed by atoms with van der Waals surface area (Å²) in [7, 11) is 1.45. The molecule has 1 aliphatic rings. The van der Waals surface area contributed by atoms with Crippen molar-refractivity contribution in [1.82, 2.24) is 5.32 Å². The molecule has 1 aromatic carbocycles. The van der Waals surface area contributed by atoms with Crippen LogP contribution in [0.3, 0.4) is 0 Å². The van der Waals surface area contributed by atoms with Crippen molar-refractivity contribution in [3.05, 3.63) is 23.8 Å². The smallest absolute Gasteiger partial charge is 0.387 e. The lowest BCUT2D eigenvalue weighted by Crippen LogP contribution is -2.30. The lowest BCUT2D eigenvalue weighted by atomic mass is 10.1. The molecule has 0 radical (unpaired) electrons. The molecule has 0 saturated heterocycles. The van der Waals surface area contributed by atoms with Crippen molar-refractivity contribution in [3.8, 4) is 11.5 Å². The summed E-state index contributed by atoms with van der Waals surface area (Å²) < 4.78 is 34.0. The van der Waals surface area contributed by atoms with E-state index in [-0.39, 0.29) is 5.75 Å². The zero-order valence-corrected chi connectivity index (χ0v) is 11.9. The highest BCUT2D eigenvalue weighted by Gasteiger charge is 2.22. The monoisotopic (exact) mass is 285 g/mol. The van der Waals surface area contributed by atoms with Gasteiger partial charge in [0.2, 0.25) is 0 Å². The van der Waals surface area contributed by atoms with Crippen LogP contribution < -0.4 is 14.8 Å². The predicted molar refractivity (Wildman–Crippen MR) is 73.3 cm³/mol. The Hall–Kier alpha value is -1.36. The Morgan fingerprint density at radius 2 is 2.10 bits per heavy atom. The molecular weight excluding hydrogens is 264 g/mol. The molecule has 0 bridgehead atoms. The topological polar surface area (TPSA) is 30.5 Å². The molecule has 5 heteroatoms. The highest BCUT2D eigenvalue weighted by molar-refractivity contribution is 5.43. The molecule has 1 N–H and O–H groups in total. The first-order valence-electron chi connectivity index (χ1n) is 6.95. The average Bonchev–Trinajstić information content (AvgIpc) is 2.82. The molecular formula is C15H21F2NO2. The summed E-state index contributed by atoms with van der Waals surface area (Å²) >= 11 is 0. The Morgan fingerprint density at radius 3 is 2.70 bits per heavy atom. The lowest BCUT2D eigenvalue weighted by molar-refractivity contribution is -0.0512. The molecule has 112 valence electrons. The Bertz CT molecular complexity index is 440. The van der Waals surface area contributed by atoms with Crippen LogP contribution in [0, 0.1) is 5.92 Å². The Balaban J connectivity index is 1.98. The number of nitrogens with one attached hydrogen (secondary N) is 1. The summed E-state index contributed by atoms with van der Waals surface area (Å²) in [5, 5.41) is 3.51. The molecule has 1 aromatic rings. The number of hydrogen-bond acceptors (Lipinski definition) is 3. The van der Waals surface area contributed by atoms with Crippen molar-refractivity contribution in [1.29, 1.82) is 0 Å². The van der Waals surface area contributed by atoms with Crippen molar-refractivity contribution in [2.24, 2.45) is 5.92 Å². The number of hydrogen-bond donors (Lipinski definition) is 1. The molecule has 0 aliphatic heterocycles. The zero-order valence-electron chi connectivity index (χ0n) is 11.9. The first-order chi connectivity index (χ1) is 9.60. The standard InChI is InChI=1S/C15H21F2NO2/c1-10-4-3-5-12(10)18-9-11-6-7-13(20-15(16)17)14(8-11)19-2/h6-8,10,12,15,18H,3-5,9H2,1-2H3. The lowest BCUT2D eigenvalue weighted by Gasteiger charge is -2.18. The van der Waals surface area contributed by atoms with Crippen molar-refractivity contribution >= 4 is 0 Å². The quantitative estimate of drug-likeness (QED) is 0.866. The van der Waals surface area contributed by atoms with Crippen LogP contribution in [0.2, 0.25) is 0 Å². The van der Waals surface area contributed by atoms with E-state index in [1.54, 1.807) is 12.1 Å². The van der Waals surface area contributed by atoms with Crippen LogP contribution in [0.15, 0.2) is 18.2 Å². The average molecular weight is 285 g/mol. The van der Waals surface area contributed by atoms with Crippen LogP contribution in [0.5, 0.6) is 11.5 Å². The second-order valence-corrected chi connectivity index (χ2v) is 5.26. The fraction of sp³-hybridized carbons (Fsp3) is 0.600. The Morgan fingerprint density at radius 1 is 1.30 bits per heavy atom. The van der Waals surface area contributed by atoms with E-state index < -0.39 is 6.61 Å². The molecule has 1 aliphatic carbocycles. The van der Waals surface area contributed by atoms with Gasteiger partial charge in [0.05, 0.1) is 7.11 Å². The number of benzene rings is 1. The van der Waals surface area contributed by atoms with E-state index in [0.29, 0.717) is 24.3 Å². The van der Waals surface area contributed by atoms with Crippen molar-refractivity contribution in [2.45, 2.75) is 45.4 Å². The van der Waals surface area contributed by atoms with Gasteiger partial charge < -0.3 is 14.8 Å². The predicted octanol–water partition coefficient (Wildman–Crippen LogP) is 3.57. The first-order valence-corrected chi connectivity index (χ1v) is 6.95. The highest BCUT2D eigenvalue weighted by Crippen LogP contribution is 2.30. The van der Waals surface area contributed by atoms with Crippen LogP contribution in [-0.2, 0) is 6.54 Å². The molecule has 2 unspecified atom stereocenters. The molecule has 1 fully saturated rings. The normalized spacial score (nSPS) is 22.2. The fourth-order valence-electron chi connectivity index (χ4n) is 2.71. The molecule has 2 atom stereocenters. The third-order valence-electron chi connectivity index (χ3n) is 3.87. The van der Waals surface area contributed by atoms with Gasteiger partial charge >= 0.3 is 6.61 Å². The van der Waals surface area contributed by atoms with Gasteiger partial charge in [-0.05, 0) is 36.5 Å². The van der Waals surface area contributed by atoms with E-state index in [1.165, 1.54) is 32.4 Å². The molecule has 20 heavy (non-hydrogen) atoms. The largest absolute Gasteiger partial charge is 0.493 e. The maximum Gasteiger partial charge on any atom is 0.387 e. The van der Waals surface area contributed by atoms with Gasteiger partial charge in [-0.2, -0.15) is 8.78 Å². The van der Waals surface area contributed by atoms with Crippen molar-refractivity contribution in [3.63, 3.8) is 0 Å². The van der Waals surface area contributed by atoms with Gasteiger partial charge in [-0.3, -0.25) is 0 Å². The van der Waals surface area contributed by atoms with E-state index in [1.807, 2.05) is 0 Å². The van der Waals surface area contributed by atoms with Gasteiger partial charge in [0, 0.05) is 12.6 Å². The zero-order chi connectivity index (χ0) is 14.5. The maximum absolute atomic E-state index is 12.2. The van der Waals surface area contributed by atoms with Gasteiger partial charge in [-0.25, -0.2) is 0 Å². The fourth-order valence-corrected chi connectivity index (χ4v) is 2.71. The summed E-state index contributed by atoms with van der Waals surface area (Å²) in [6.07, 6.45) is 3.73. The van der Waals surface area contributed by atoms with Gasteiger partial charge in [0.1, 0.15) is 0 Å². The summed E-state index contributed by atoms with van der Waals surface area (Å²) in [6.45, 7) is 0.123. The minimum Gasteiger partial charge on any atom is -0.493 e. The van der Waals surface area contributed by atoms with Gasteiger partial charge in [0.25, 0.3) is 0 Å². The Kier molecular flexibility index (Phi) is 5.17. The second kappa shape index (κ2) is 6.88. The SMILES string of the molecule is COc1cc(CNC2CCCC2C)ccc1OC(F)F. The minimum absolute atomic E-state index is 0.0699. The maximum atomic E-state index is 12.2. The van der Waals surface area contributed by atoms with E-state index in [2.05, 4.69) is 17.0 Å². The number of ether oxygens (including phenoxy) is 2. The minimum atomic E-state index is -2.84. The van der Waals surface area contributed by atoms with Crippen LogP contribution in [0.25, 0.3) is 0 Å². The highest BCUT2D eigenvalue weighted by atomic mass is 19.3. The van der Waals surface area contributed by atoms with E-state index >= 15 is 0 Å². The third kappa shape index (κ3) is 3.82. The Labute approximate surface area is 118 Å². The number of methoxy groups -OCH3 is 1. The molecule has 0 heterocycles. The molecule has 3 nitrogen and oxygen atoms in total. The van der Waals surface area contributed by atoms with Gasteiger partial charge in [0.15, 0.2) is 11.5 Å². The summed E-state index contributed by atoms with van der Waals surface area (Å²) in [4.78, 5) is 0. The van der Waals surface area contributed by atoms with Crippen LogP contribution in [0.1, 0.15) is 31.7 Å². The third-order valence-corrected chi connectivity index (χ3v) is 3.87. The first kappa shape index (κ1) is 15.0. The molecule has 0 aromatic heterocycles. The molecule has 0 spiro atoms. The number of alkyl halides is 2. The molecule has 0 amide bonds. The van der Waals surface area contributed by atoms with E-state index in [4.69, 9.17) is 4.74 Å². The summed E-state index contributed by atoms with van der Waals surface area (Å²) in [5.41, 5.74) is 1.00. The van der Waals surface area contributed by atoms with Crippen LogP contribution in [0.4, 0.5) is 8.78 Å². The van der Waals surface area contributed by atoms with Crippen molar-refractivity contribution in [2.75, 3.05) is 7.11 Å². The molecule has 1 saturated carbocycles. The second-order valence-electron chi connectivity index (χ2n) is 5.26. The summed E-state index contributed by atoms with van der Waals surface area (Å²) in [5.74, 6) is 1.10. The molecule has 2 rings (SSSR count). The van der Waals surface area contributed by atoms with Crippen molar-refractivity contribution < 1.29 is 18.3 Å². The summed E-state index contributed by atoms with van der Waals surface area (Å²) in [6, 6.07) is 5.59. The van der Waals surface area contributed by atoms with Crippen LogP contribution in [-0.4, -0.2) is 19.8 Å². The van der Waals surface area contributed by atoms with Crippen LogP contribution >= 0.6 is 0 Å². The number of rotatable bonds is 6.